The third-order valence-corrected chi connectivity index (χ3v) is 4.49. The lowest BCUT2D eigenvalue weighted by molar-refractivity contribution is 0.0993. The minimum absolute atomic E-state index is 0.216. The van der Waals surface area contributed by atoms with Crippen LogP contribution < -0.4 is 0 Å². The lowest BCUT2D eigenvalue weighted by Crippen LogP contribution is -2.09. The molecule has 3 rings (SSSR count). The highest BCUT2D eigenvalue weighted by atomic mass is 32.1. The fraction of sp³-hybridized carbons (Fsp3) is 0.312. The molecule has 0 amide bonds. The van der Waals surface area contributed by atoms with Crippen molar-refractivity contribution in [1.29, 1.82) is 0 Å². The summed E-state index contributed by atoms with van der Waals surface area (Å²) in [6, 6.07) is 10.3. The number of hydrogen-bond donors (Lipinski definition) is 0. The van der Waals surface area contributed by atoms with E-state index >= 15 is 0 Å². The van der Waals surface area contributed by atoms with E-state index in [1.165, 1.54) is 24.8 Å². The maximum atomic E-state index is 12.1. The van der Waals surface area contributed by atoms with Gasteiger partial charge in [-0.05, 0) is 46.7 Å². The summed E-state index contributed by atoms with van der Waals surface area (Å²) in [5.41, 5.74) is 3.35. The van der Waals surface area contributed by atoms with Gasteiger partial charge in [-0.3, -0.25) is 4.79 Å². The van der Waals surface area contributed by atoms with E-state index in [2.05, 4.69) is 12.1 Å². The van der Waals surface area contributed by atoms with E-state index in [1.54, 1.807) is 11.3 Å². The number of thiophene rings is 1. The highest BCUT2D eigenvalue weighted by molar-refractivity contribution is 7.08. The molecule has 1 aromatic heterocycles. The molecule has 1 heterocycles. The second-order valence-electron chi connectivity index (χ2n) is 4.98. The zero-order valence-corrected chi connectivity index (χ0v) is 11.1. The van der Waals surface area contributed by atoms with Crippen molar-refractivity contribution in [3.8, 4) is 0 Å². The monoisotopic (exact) mass is 256 g/mol. The number of carbonyl (C=O) groups excluding carboxylic acids is 1. The van der Waals surface area contributed by atoms with E-state index in [0.717, 1.165) is 17.0 Å². The molecule has 0 radical (unpaired) electrons. The second kappa shape index (κ2) is 5.07. The van der Waals surface area contributed by atoms with Gasteiger partial charge in [-0.2, -0.15) is 11.3 Å². The Balaban J connectivity index is 1.70. The molecular weight excluding hydrogens is 240 g/mol. The van der Waals surface area contributed by atoms with Crippen LogP contribution in [0.3, 0.4) is 0 Å². The van der Waals surface area contributed by atoms with Crippen molar-refractivity contribution < 1.29 is 4.79 Å². The van der Waals surface area contributed by atoms with Gasteiger partial charge in [0, 0.05) is 12.0 Å². The van der Waals surface area contributed by atoms with Gasteiger partial charge in [-0.15, -0.1) is 0 Å². The van der Waals surface area contributed by atoms with Crippen LogP contribution in [-0.4, -0.2) is 5.78 Å². The van der Waals surface area contributed by atoms with Gasteiger partial charge < -0.3 is 0 Å². The first kappa shape index (κ1) is 11.7. The molecule has 0 saturated heterocycles. The molecular formula is C16H16OS. The van der Waals surface area contributed by atoms with Crippen LogP contribution in [0.5, 0.6) is 0 Å². The van der Waals surface area contributed by atoms with Crippen molar-refractivity contribution in [2.24, 2.45) is 0 Å². The van der Waals surface area contributed by atoms with E-state index in [-0.39, 0.29) is 5.78 Å². The average Bonchev–Trinajstić information content (AvgIpc) is 2.80. The van der Waals surface area contributed by atoms with Crippen molar-refractivity contribution in [3.05, 3.63) is 57.8 Å². The van der Waals surface area contributed by atoms with Gasteiger partial charge in [-0.25, -0.2) is 0 Å². The third kappa shape index (κ3) is 2.39. The molecule has 1 aliphatic rings. The van der Waals surface area contributed by atoms with E-state index in [9.17, 15) is 4.79 Å². The van der Waals surface area contributed by atoms with Crippen LogP contribution in [-0.2, 0) is 6.42 Å². The summed E-state index contributed by atoms with van der Waals surface area (Å²) in [5, 5.41) is 4.06. The molecule has 0 bridgehead atoms. The number of hydrogen-bond acceptors (Lipinski definition) is 2. The Morgan fingerprint density at radius 1 is 1.17 bits per heavy atom. The van der Waals surface area contributed by atoms with Gasteiger partial charge in [0.1, 0.15) is 0 Å². The third-order valence-electron chi connectivity index (χ3n) is 3.75. The zero-order chi connectivity index (χ0) is 12.4. The molecule has 1 aromatic carbocycles. The summed E-state index contributed by atoms with van der Waals surface area (Å²) in [6.45, 7) is 0. The van der Waals surface area contributed by atoms with Gasteiger partial charge in [-0.1, -0.05) is 30.7 Å². The quantitative estimate of drug-likeness (QED) is 0.739. The molecule has 2 heteroatoms. The van der Waals surface area contributed by atoms with Gasteiger partial charge in [0.25, 0.3) is 0 Å². The van der Waals surface area contributed by atoms with Crippen LogP contribution in [0.4, 0.5) is 0 Å². The largest absolute Gasteiger partial charge is 0.294 e. The molecule has 0 aliphatic heterocycles. The highest BCUT2D eigenvalue weighted by Crippen LogP contribution is 2.36. The van der Waals surface area contributed by atoms with Crippen LogP contribution >= 0.6 is 11.3 Å². The fourth-order valence-electron chi connectivity index (χ4n) is 2.36. The lowest BCUT2D eigenvalue weighted by Gasteiger charge is -2.25. The molecule has 0 N–H and O–H groups in total. The molecule has 2 aromatic rings. The predicted molar refractivity (Wildman–Crippen MR) is 75.4 cm³/mol. The smallest absolute Gasteiger partial charge is 0.167 e. The SMILES string of the molecule is O=C(Cc1ccsc1)c1ccc(C2CCC2)cc1. The standard InChI is InChI=1S/C16H16OS/c17-16(10-12-8-9-18-11-12)15-6-4-14(5-7-15)13-2-1-3-13/h4-9,11,13H,1-3,10H2. The first-order chi connectivity index (χ1) is 8.83. The van der Waals surface area contributed by atoms with Crippen molar-refractivity contribution in [3.63, 3.8) is 0 Å². The van der Waals surface area contributed by atoms with Crippen LogP contribution in [0.1, 0.15) is 46.7 Å². The first-order valence-electron chi connectivity index (χ1n) is 6.47. The van der Waals surface area contributed by atoms with Gasteiger partial charge in [0.05, 0.1) is 0 Å². The van der Waals surface area contributed by atoms with Crippen LogP contribution in [0, 0.1) is 0 Å². The summed E-state index contributed by atoms with van der Waals surface area (Å²) in [4.78, 5) is 12.1. The minimum atomic E-state index is 0.216. The molecule has 0 unspecified atom stereocenters. The van der Waals surface area contributed by atoms with Crippen molar-refractivity contribution >= 4 is 17.1 Å². The molecule has 92 valence electrons. The highest BCUT2D eigenvalue weighted by Gasteiger charge is 2.19. The van der Waals surface area contributed by atoms with Crippen molar-refractivity contribution in [2.75, 3.05) is 0 Å². The van der Waals surface area contributed by atoms with E-state index < -0.39 is 0 Å². The van der Waals surface area contributed by atoms with Gasteiger partial charge >= 0.3 is 0 Å². The Bertz CT molecular complexity index is 521. The van der Waals surface area contributed by atoms with Crippen molar-refractivity contribution in [2.45, 2.75) is 31.6 Å². The maximum absolute atomic E-state index is 12.1. The summed E-state index contributed by atoms with van der Waals surface area (Å²) in [6.07, 6.45) is 4.49. The number of ketones is 1. The second-order valence-corrected chi connectivity index (χ2v) is 5.76. The molecule has 0 atom stereocenters. The summed E-state index contributed by atoms with van der Waals surface area (Å²) < 4.78 is 0. The molecule has 1 aliphatic carbocycles. The van der Waals surface area contributed by atoms with Gasteiger partial charge in [0.15, 0.2) is 5.78 Å². The minimum Gasteiger partial charge on any atom is -0.294 e. The maximum Gasteiger partial charge on any atom is 0.167 e. The number of Topliss-reactive ketones (excluding diaryl/α,β-unsaturated/α-hetero) is 1. The van der Waals surface area contributed by atoms with Crippen molar-refractivity contribution in [1.82, 2.24) is 0 Å². The van der Waals surface area contributed by atoms with Crippen LogP contribution in [0.25, 0.3) is 0 Å². The topological polar surface area (TPSA) is 17.1 Å². The van der Waals surface area contributed by atoms with Crippen LogP contribution in [0.15, 0.2) is 41.1 Å². The Labute approximate surface area is 111 Å². The molecule has 1 nitrogen and oxygen atoms in total. The molecule has 0 spiro atoms. The van der Waals surface area contributed by atoms with Gasteiger partial charge in [0.2, 0.25) is 0 Å². The number of benzene rings is 1. The number of rotatable bonds is 4. The van der Waals surface area contributed by atoms with E-state index in [1.807, 2.05) is 29.0 Å². The summed E-state index contributed by atoms with van der Waals surface area (Å²) >= 11 is 1.64. The Kier molecular flexibility index (Phi) is 3.28. The lowest BCUT2D eigenvalue weighted by atomic mass is 9.80. The summed E-state index contributed by atoms with van der Waals surface area (Å²) in [7, 11) is 0. The predicted octanol–water partition coefficient (Wildman–Crippen LogP) is 4.44. The fourth-order valence-corrected chi connectivity index (χ4v) is 3.03. The zero-order valence-electron chi connectivity index (χ0n) is 10.3. The Morgan fingerprint density at radius 2 is 1.94 bits per heavy atom. The Hall–Kier alpha value is -1.41. The van der Waals surface area contributed by atoms with E-state index in [0.29, 0.717) is 6.42 Å². The van der Waals surface area contributed by atoms with Crippen LogP contribution in [0.2, 0.25) is 0 Å². The summed E-state index contributed by atoms with van der Waals surface area (Å²) in [5.74, 6) is 0.958. The molecule has 1 saturated carbocycles. The number of carbonyl (C=O) groups is 1. The van der Waals surface area contributed by atoms with E-state index in [4.69, 9.17) is 0 Å². The molecule has 1 fully saturated rings. The Morgan fingerprint density at radius 3 is 2.50 bits per heavy atom. The average molecular weight is 256 g/mol. The first-order valence-corrected chi connectivity index (χ1v) is 7.41. The normalized spacial score (nSPS) is 15.3. The molecule has 18 heavy (non-hydrogen) atoms.